The van der Waals surface area contributed by atoms with Gasteiger partial charge in [-0.05, 0) is 45.1 Å². The second-order valence-electron chi connectivity index (χ2n) is 5.17. The molecule has 0 aromatic heterocycles. The molecule has 2 fully saturated rings. The number of nitrogens with two attached hydrogens (primary N) is 1. The zero-order chi connectivity index (χ0) is 11.4. The third-order valence-corrected chi connectivity index (χ3v) is 3.43. The molecule has 0 spiro atoms. The number of carbonyl (C=O) groups excluding carboxylic acids is 1. The van der Waals surface area contributed by atoms with E-state index in [2.05, 4.69) is 10.6 Å². The molecule has 0 aromatic carbocycles. The molecule has 4 nitrogen and oxygen atoms in total. The van der Waals surface area contributed by atoms with Crippen LogP contribution < -0.4 is 16.4 Å². The summed E-state index contributed by atoms with van der Waals surface area (Å²) in [5.41, 5.74) is 5.84. The van der Waals surface area contributed by atoms with E-state index < -0.39 is 0 Å². The Labute approximate surface area is 97.3 Å². The van der Waals surface area contributed by atoms with Crippen LogP contribution in [0.5, 0.6) is 0 Å². The first-order valence-electron chi connectivity index (χ1n) is 6.52. The maximum absolute atomic E-state index is 11.4. The van der Waals surface area contributed by atoms with Gasteiger partial charge in [0.1, 0.15) is 0 Å². The third kappa shape index (κ3) is 4.10. The molecule has 2 aliphatic carbocycles. The van der Waals surface area contributed by atoms with Crippen LogP contribution >= 0.6 is 0 Å². The van der Waals surface area contributed by atoms with Crippen molar-refractivity contribution < 1.29 is 4.79 Å². The van der Waals surface area contributed by atoms with Crippen molar-refractivity contribution >= 4 is 5.91 Å². The van der Waals surface area contributed by atoms with Gasteiger partial charge in [0.15, 0.2) is 0 Å². The van der Waals surface area contributed by atoms with Crippen molar-refractivity contribution in [2.45, 2.75) is 63.1 Å². The highest BCUT2D eigenvalue weighted by Crippen LogP contribution is 2.19. The molecule has 1 amide bonds. The summed E-state index contributed by atoms with van der Waals surface area (Å²) in [5.74, 6) is 0.215. The van der Waals surface area contributed by atoms with Crippen LogP contribution in [0.3, 0.4) is 0 Å². The zero-order valence-corrected chi connectivity index (χ0v) is 9.87. The van der Waals surface area contributed by atoms with Crippen LogP contribution in [0.2, 0.25) is 0 Å². The molecule has 4 heteroatoms. The van der Waals surface area contributed by atoms with E-state index in [1.165, 1.54) is 19.3 Å². The van der Waals surface area contributed by atoms with Gasteiger partial charge in [0.2, 0.25) is 5.91 Å². The highest BCUT2D eigenvalue weighted by molar-refractivity contribution is 5.76. The lowest BCUT2D eigenvalue weighted by molar-refractivity contribution is -0.121. The predicted octanol–water partition coefficient (Wildman–Crippen LogP) is 0.515. The van der Waals surface area contributed by atoms with Crippen LogP contribution in [0.25, 0.3) is 0 Å². The van der Waals surface area contributed by atoms with Crippen LogP contribution in [0.1, 0.15) is 44.9 Å². The average Bonchev–Trinajstić information content (AvgIpc) is 2.95. The van der Waals surface area contributed by atoms with Gasteiger partial charge in [-0.2, -0.15) is 0 Å². The summed E-state index contributed by atoms with van der Waals surface area (Å²) in [7, 11) is 0. The van der Waals surface area contributed by atoms with Gasteiger partial charge in [-0.3, -0.25) is 4.79 Å². The number of nitrogens with one attached hydrogen (secondary N) is 2. The second-order valence-corrected chi connectivity index (χ2v) is 5.17. The van der Waals surface area contributed by atoms with E-state index in [1.807, 2.05) is 0 Å². The predicted molar refractivity (Wildman–Crippen MR) is 64.0 cm³/mol. The Morgan fingerprint density at radius 2 is 1.94 bits per heavy atom. The third-order valence-electron chi connectivity index (χ3n) is 3.43. The Morgan fingerprint density at radius 3 is 2.56 bits per heavy atom. The van der Waals surface area contributed by atoms with Crippen LogP contribution in [-0.4, -0.2) is 30.6 Å². The molecule has 2 unspecified atom stereocenters. The van der Waals surface area contributed by atoms with Crippen molar-refractivity contribution in [2.75, 3.05) is 6.54 Å². The minimum absolute atomic E-state index is 0.215. The van der Waals surface area contributed by atoms with E-state index in [1.54, 1.807) is 0 Å². The molecule has 92 valence electrons. The Balaban J connectivity index is 1.46. The number of amides is 1. The van der Waals surface area contributed by atoms with Gasteiger partial charge in [0.05, 0.1) is 0 Å². The summed E-state index contributed by atoms with van der Waals surface area (Å²) in [6, 6.07) is 1.46. The van der Waals surface area contributed by atoms with E-state index in [-0.39, 0.29) is 5.91 Å². The van der Waals surface area contributed by atoms with Gasteiger partial charge < -0.3 is 16.4 Å². The van der Waals surface area contributed by atoms with Crippen molar-refractivity contribution in [2.24, 2.45) is 5.73 Å². The van der Waals surface area contributed by atoms with E-state index in [4.69, 9.17) is 5.73 Å². The molecule has 2 saturated carbocycles. The first-order valence-corrected chi connectivity index (χ1v) is 6.52. The van der Waals surface area contributed by atoms with E-state index >= 15 is 0 Å². The summed E-state index contributed by atoms with van der Waals surface area (Å²) in [4.78, 5) is 11.4. The highest BCUT2D eigenvalue weighted by Gasteiger charge is 2.23. The largest absolute Gasteiger partial charge is 0.353 e. The first kappa shape index (κ1) is 11.9. The van der Waals surface area contributed by atoms with Crippen LogP contribution in [0, 0.1) is 0 Å². The summed E-state index contributed by atoms with van der Waals surface area (Å²) < 4.78 is 0. The Hall–Kier alpha value is -0.610. The maximum atomic E-state index is 11.4. The number of hydrogen-bond acceptors (Lipinski definition) is 3. The topological polar surface area (TPSA) is 67.1 Å². The summed E-state index contributed by atoms with van der Waals surface area (Å²) in [6.45, 7) is 0.940. The molecule has 0 heterocycles. The Kier molecular flexibility index (Phi) is 4.18. The second kappa shape index (κ2) is 5.64. The van der Waals surface area contributed by atoms with Crippen LogP contribution in [-0.2, 0) is 4.79 Å². The fourth-order valence-electron chi connectivity index (χ4n) is 2.28. The quantitative estimate of drug-likeness (QED) is 0.577. The molecule has 0 aliphatic heterocycles. The normalized spacial score (nSPS) is 29.3. The minimum atomic E-state index is 0.215. The Morgan fingerprint density at radius 1 is 1.19 bits per heavy atom. The molecule has 16 heavy (non-hydrogen) atoms. The maximum Gasteiger partial charge on any atom is 0.220 e. The monoisotopic (exact) mass is 225 g/mol. The molecule has 2 atom stereocenters. The van der Waals surface area contributed by atoms with Gasteiger partial charge in [-0.25, -0.2) is 0 Å². The van der Waals surface area contributed by atoms with E-state index in [0.29, 0.717) is 24.5 Å². The highest BCUT2D eigenvalue weighted by atomic mass is 16.1. The van der Waals surface area contributed by atoms with Crippen molar-refractivity contribution in [3.63, 3.8) is 0 Å². The lowest BCUT2D eigenvalue weighted by atomic mass is 10.2. The fourth-order valence-corrected chi connectivity index (χ4v) is 2.28. The molecule has 2 rings (SSSR count). The van der Waals surface area contributed by atoms with Crippen molar-refractivity contribution in [1.82, 2.24) is 10.6 Å². The van der Waals surface area contributed by atoms with E-state index in [9.17, 15) is 4.79 Å². The van der Waals surface area contributed by atoms with E-state index in [0.717, 1.165) is 25.8 Å². The zero-order valence-electron chi connectivity index (χ0n) is 9.87. The standard InChI is InChI=1S/C12H23N3O/c13-9-3-4-11(8-9)14-7-1-2-12(16)15-10-5-6-10/h9-11,14H,1-8,13H2,(H,15,16). The number of rotatable bonds is 6. The minimum Gasteiger partial charge on any atom is -0.353 e. The lowest BCUT2D eigenvalue weighted by Crippen LogP contribution is -2.31. The lowest BCUT2D eigenvalue weighted by Gasteiger charge is -2.11. The van der Waals surface area contributed by atoms with Crippen LogP contribution in [0.15, 0.2) is 0 Å². The van der Waals surface area contributed by atoms with Crippen molar-refractivity contribution in [3.05, 3.63) is 0 Å². The van der Waals surface area contributed by atoms with Gasteiger partial charge in [0, 0.05) is 24.5 Å². The summed E-state index contributed by atoms with van der Waals surface area (Å²) in [5, 5.41) is 6.48. The van der Waals surface area contributed by atoms with Crippen molar-refractivity contribution in [1.29, 1.82) is 0 Å². The number of carbonyl (C=O) groups is 1. The Bertz CT molecular complexity index is 240. The van der Waals surface area contributed by atoms with Gasteiger partial charge >= 0.3 is 0 Å². The molecule has 0 radical (unpaired) electrons. The molecule has 4 N–H and O–H groups in total. The van der Waals surface area contributed by atoms with Crippen LogP contribution in [0.4, 0.5) is 0 Å². The molecular formula is C12H23N3O. The van der Waals surface area contributed by atoms with Crippen molar-refractivity contribution in [3.8, 4) is 0 Å². The van der Waals surface area contributed by atoms with Gasteiger partial charge in [0.25, 0.3) is 0 Å². The average molecular weight is 225 g/mol. The smallest absolute Gasteiger partial charge is 0.220 e. The molecule has 0 saturated heterocycles. The number of hydrogen-bond donors (Lipinski definition) is 3. The first-order chi connectivity index (χ1) is 7.74. The van der Waals surface area contributed by atoms with Gasteiger partial charge in [-0.1, -0.05) is 0 Å². The summed E-state index contributed by atoms with van der Waals surface area (Å²) in [6.07, 6.45) is 7.35. The SMILES string of the molecule is NC1CCC(NCCCC(=O)NC2CC2)C1. The summed E-state index contributed by atoms with van der Waals surface area (Å²) >= 11 is 0. The molecule has 0 bridgehead atoms. The molecule has 2 aliphatic rings. The fraction of sp³-hybridized carbons (Fsp3) is 0.917. The van der Waals surface area contributed by atoms with Gasteiger partial charge in [-0.15, -0.1) is 0 Å². The molecule has 0 aromatic rings. The molecular weight excluding hydrogens is 202 g/mol.